The summed E-state index contributed by atoms with van der Waals surface area (Å²) in [6.07, 6.45) is 3.77. The zero-order chi connectivity index (χ0) is 13.0. The number of carbonyl (C=O) groups is 1. The number of nitrogens with zero attached hydrogens (tertiary/aromatic N) is 3. The second-order valence-electron chi connectivity index (χ2n) is 4.42. The second-order valence-corrected chi connectivity index (χ2v) is 4.42. The summed E-state index contributed by atoms with van der Waals surface area (Å²) in [5.74, 6) is -0.0524. The average molecular weight is 253 g/mol. The van der Waals surface area contributed by atoms with Gasteiger partial charge in [0.2, 0.25) is 5.91 Å². The predicted molar refractivity (Wildman–Crippen MR) is 64.5 cm³/mol. The molecule has 1 aromatic rings. The maximum absolute atomic E-state index is 11.7. The van der Waals surface area contributed by atoms with Crippen molar-refractivity contribution in [1.29, 1.82) is 0 Å². The molecule has 2 rings (SSSR count). The van der Waals surface area contributed by atoms with E-state index in [4.69, 9.17) is 10.5 Å². The highest BCUT2D eigenvalue weighted by Crippen LogP contribution is 2.22. The molecule has 0 saturated heterocycles. The molecule has 1 aliphatic rings. The molecule has 0 unspecified atom stereocenters. The van der Waals surface area contributed by atoms with Gasteiger partial charge in [-0.05, 0) is 19.8 Å². The molecule has 0 atom stereocenters. The smallest absolute Gasteiger partial charge is 0.242 e. The molecule has 1 heterocycles. The first kappa shape index (κ1) is 13.0. The van der Waals surface area contributed by atoms with E-state index in [0.717, 1.165) is 19.4 Å². The maximum Gasteiger partial charge on any atom is 0.242 e. The van der Waals surface area contributed by atoms with Gasteiger partial charge >= 0.3 is 0 Å². The van der Waals surface area contributed by atoms with Crippen LogP contribution in [0.15, 0.2) is 6.20 Å². The molecule has 3 N–H and O–H groups in total. The van der Waals surface area contributed by atoms with Gasteiger partial charge in [0.05, 0.1) is 18.0 Å². The number of amides is 1. The van der Waals surface area contributed by atoms with E-state index in [1.807, 2.05) is 6.92 Å². The fourth-order valence-electron chi connectivity index (χ4n) is 1.99. The van der Waals surface area contributed by atoms with Gasteiger partial charge in [-0.2, -0.15) is 0 Å². The average Bonchev–Trinajstić information content (AvgIpc) is 2.74. The van der Waals surface area contributed by atoms with Crippen molar-refractivity contribution in [2.24, 2.45) is 5.73 Å². The van der Waals surface area contributed by atoms with Crippen molar-refractivity contribution in [3.8, 4) is 0 Å². The Balaban J connectivity index is 1.70. The highest BCUT2D eigenvalue weighted by Gasteiger charge is 2.30. The van der Waals surface area contributed by atoms with Crippen molar-refractivity contribution in [2.45, 2.75) is 45.0 Å². The summed E-state index contributed by atoms with van der Waals surface area (Å²) in [7, 11) is 0. The van der Waals surface area contributed by atoms with Crippen LogP contribution in [0.4, 0.5) is 0 Å². The molecule has 7 nitrogen and oxygen atoms in total. The monoisotopic (exact) mass is 253 g/mol. The van der Waals surface area contributed by atoms with Crippen molar-refractivity contribution in [3.05, 3.63) is 11.9 Å². The first-order valence-electron chi connectivity index (χ1n) is 6.21. The van der Waals surface area contributed by atoms with E-state index in [1.54, 1.807) is 6.20 Å². The molecule has 0 spiro atoms. The minimum Gasteiger partial charge on any atom is -0.378 e. The summed E-state index contributed by atoms with van der Waals surface area (Å²) in [4.78, 5) is 11.7. The van der Waals surface area contributed by atoms with Gasteiger partial charge in [-0.1, -0.05) is 5.21 Å². The molecule has 18 heavy (non-hydrogen) atoms. The molecule has 1 aromatic heterocycles. The number of aromatic nitrogens is 3. The van der Waals surface area contributed by atoms with E-state index in [0.29, 0.717) is 18.3 Å². The number of hydrogen-bond acceptors (Lipinski definition) is 5. The van der Waals surface area contributed by atoms with Crippen molar-refractivity contribution in [1.82, 2.24) is 20.3 Å². The van der Waals surface area contributed by atoms with Gasteiger partial charge < -0.3 is 15.8 Å². The fraction of sp³-hybridized carbons (Fsp3) is 0.727. The number of nitrogens with two attached hydrogens (primary N) is 1. The molecule has 0 aliphatic heterocycles. The number of nitrogens with one attached hydrogen (secondary N) is 1. The van der Waals surface area contributed by atoms with Crippen LogP contribution in [0.1, 0.15) is 25.5 Å². The first-order chi connectivity index (χ1) is 8.71. The summed E-state index contributed by atoms with van der Waals surface area (Å²) in [5, 5.41) is 10.6. The summed E-state index contributed by atoms with van der Waals surface area (Å²) in [5.41, 5.74) is 6.10. The lowest BCUT2D eigenvalue weighted by Gasteiger charge is -2.35. The number of hydrogen-bond donors (Lipinski definition) is 2. The van der Waals surface area contributed by atoms with Gasteiger partial charge in [0.15, 0.2) is 0 Å². The van der Waals surface area contributed by atoms with Crippen LogP contribution < -0.4 is 11.1 Å². The third kappa shape index (κ3) is 3.27. The summed E-state index contributed by atoms with van der Waals surface area (Å²) in [6, 6.07) is 0.228. The fourth-order valence-corrected chi connectivity index (χ4v) is 1.99. The Hall–Kier alpha value is -1.47. The highest BCUT2D eigenvalue weighted by atomic mass is 16.5. The maximum atomic E-state index is 11.7. The molecule has 0 radical (unpaired) electrons. The van der Waals surface area contributed by atoms with Gasteiger partial charge in [-0.15, -0.1) is 5.10 Å². The lowest BCUT2D eigenvalue weighted by Crippen LogP contribution is -2.48. The Kier molecular flexibility index (Phi) is 4.27. The van der Waals surface area contributed by atoms with E-state index < -0.39 is 0 Å². The molecular formula is C11H19N5O2. The molecule has 1 saturated carbocycles. The van der Waals surface area contributed by atoms with E-state index in [9.17, 15) is 4.79 Å². The lowest BCUT2D eigenvalue weighted by atomic mass is 9.89. The quantitative estimate of drug-likeness (QED) is 0.707. The van der Waals surface area contributed by atoms with Gasteiger partial charge in [0.25, 0.3) is 0 Å². The van der Waals surface area contributed by atoms with Crippen LogP contribution in [0.3, 0.4) is 0 Å². The molecule has 1 fully saturated rings. The van der Waals surface area contributed by atoms with E-state index >= 15 is 0 Å². The Morgan fingerprint density at radius 1 is 1.67 bits per heavy atom. The second kappa shape index (κ2) is 5.92. The SMILES string of the molecule is CCOC1CC(NC(=O)Cn2cc(CN)nn2)C1. The van der Waals surface area contributed by atoms with E-state index in [1.165, 1.54) is 4.68 Å². The Morgan fingerprint density at radius 3 is 3.06 bits per heavy atom. The molecule has 7 heteroatoms. The number of rotatable bonds is 6. The summed E-state index contributed by atoms with van der Waals surface area (Å²) >= 11 is 0. The third-order valence-corrected chi connectivity index (χ3v) is 2.96. The van der Waals surface area contributed by atoms with Crippen molar-refractivity contribution < 1.29 is 9.53 Å². The third-order valence-electron chi connectivity index (χ3n) is 2.96. The Bertz CT molecular complexity index is 400. The van der Waals surface area contributed by atoms with Gasteiger partial charge in [0.1, 0.15) is 6.54 Å². The zero-order valence-electron chi connectivity index (χ0n) is 10.5. The summed E-state index contributed by atoms with van der Waals surface area (Å²) in [6.45, 7) is 3.22. The van der Waals surface area contributed by atoms with Gasteiger partial charge in [-0.3, -0.25) is 4.79 Å². The molecule has 1 amide bonds. The highest BCUT2D eigenvalue weighted by molar-refractivity contribution is 5.76. The lowest BCUT2D eigenvalue weighted by molar-refractivity contribution is -0.124. The van der Waals surface area contributed by atoms with E-state index in [-0.39, 0.29) is 18.5 Å². The van der Waals surface area contributed by atoms with Crippen LogP contribution in [0.2, 0.25) is 0 Å². The number of ether oxygens (including phenoxy) is 1. The molecule has 0 aromatic carbocycles. The minimum absolute atomic E-state index is 0.0524. The number of carbonyl (C=O) groups excluding carboxylic acids is 1. The molecule has 0 bridgehead atoms. The van der Waals surface area contributed by atoms with Crippen LogP contribution in [-0.2, 0) is 22.6 Å². The first-order valence-corrected chi connectivity index (χ1v) is 6.21. The normalized spacial score (nSPS) is 22.6. The Morgan fingerprint density at radius 2 is 2.44 bits per heavy atom. The van der Waals surface area contributed by atoms with Crippen LogP contribution in [-0.4, -0.2) is 39.7 Å². The Labute approximate surface area is 106 Å². The van der Waals surface area contributed by atoms with Crippen molar-refractivity contribution in [3.63, 3.8) is 0 Å². The zero-order valence-corrected chi connectivity index (χ0v) is 10.5. The van der Waals surface area contributed by atoms with Crippen LogP contribution in [0.25, 0.3) is 0 Å². The van der Waals surface area contributed by atoms with E-state index in [2.05, 4.69) is 15.6 Å². The largest absolute Gasteiger partial charge is 0.378 e. The molecular weight excluding hydrogens is 234 g/mol. The van der Waals surface area contributed by atoms with Crippen LogP contribution >= 0.6 is 0 Å². The standard InChI is InChI=1S/C11H19N5O2/c1-2-18-10-3-8(4-10)13-11(17)7-16-6-9(5-12)14-15-16/h6,8,10H,2-5,7,12H2,1H3,(H,13,17). The summed E-state index contributed by atoms with van der Waals surface area (Å²) < 4.78 is 6.93. The van der Waals surface area contributed by atoms with Crippen molar-refractivity contribution in [2.75, 3.05) is 6.61 Å². The predicted octanol–water partition coefficient (Wildman–Crippen LogP) is -0.579. The van der Waals surface area contributed by atoms with Gasteiger partial charge in [0, 0.05) is 19.2 Å². The van der Waals surface area contributed by atoms with Gasteiger partial charge in [-0.25, -0.2) is 4.68 Å². The van der Waals surface area contributed by atoms with Crippen LogP contribution in [0, 0.1) is 0 Å². The van der Waals surface area contributed by atoms with Crippen molar-refractivity contribution >= 4 is 5.91 Å². The molecule has 100 valence electrons. The topological polar surface area (TPSA) is 95.1 Å². The van der Waals surface area contributed by atoms with Crippen LogP contribution in [0.5, 0.6) is 0 Å². The molecule has 1 aliphatic carbocycles. The minimum atomic E-state index is -0.0524.